The predicted octanol–water partition coefficient (Wildman–Crippen LogP) is 0.108. The first-order valence-electron chi connectivity index (χ1n) is 12.4. The highest BCUT2D eigenvalue weighted by molar-refractivity contribution is 5.95. The average molecular weight is 525 g/mol. The number of fused-ring (bicyclic) bond motifs is 1. The van der Waals surface area contributed by atoms with Gasteiger partial charge in [0, 0.05) is 26.2 Å². The Morgan fingerprint density at radius 1 is 1.16 bits per heavy atom. The lowest BCUT2D eigenvalue weighted by Crippen LogP contribution is -2.51. The third-order valence-electron chi connectivity index (χ3n) is 6.80. The molecule has 2 N–H and O–H groups in total. The van der Waals surface area contributed by atoms with Gasteiger partial charge < -0.3 is 29.3 Å². The summed E-state index contributed by atoms with van der Waals surface area (Å²) in [5.41, 5.74) is 1.57. The molecule has 0 saturated carbocycles. The maximum absolute atomic E-state index is 13.7. The van der Waals surface area contributed by atoms with Gasteiger partial charge in [-0.05, 0) is 25.3 Å². The van der Waals surface area contributed by atoms with E-state index in [9.17, 15) is 24.6 Å². The van der Waals surface area contributed by atoms with Crippen LogP contribution in [0.5, 0.6) is 5.75 Å². The second-order valence-electron chi connectivity index (χ2n) is 9.07. The van der Waals surface area contributed by atoms with Crippen molar-refractivity contribution >= 4 is 28.9 Å². The summed E-state index contributed by atoms with van der Waals surface area (Å²) in [6, 6.07) is 0. The van der Waals surface area contributed by atoms with Gasteiger partial charge in [-0.2, -0.15) is 9.50 Å². The number of nitrogens with zero attached hydrogens (tertiary/aromatic N) is 8. The van der Waals surface area contributed by atoms with E-state index >= 15 is 0 Å². The fraction of sp³-hybridized carbons (Fsp3) is 0.458. The number of piperazine rings is 1. The smallest absolute Gasteiger partial charge is 0.323 e. The molecule has 0 unspecified atom stereocenters. The van der Waals surface area contributed by atoms with Crippen LogP contribution in [0.4, 0.5) is 5.69 Å². The van der Waals surface area contributed by atoms with Gasteiger partial charge in [0.2, 0.25) is 5.78 Å². The van der Waals surface area contributed by atoms with E-state index in [0.29, 0.717) is 62.0 Å². The number of aromatic hydroxyl groups is 1. The first-order valence-corrected chi connectivity index (χ1v) is 12.4. The highest BCUT2D eigenvalue weighted by Crippen LogP contribution is 2.25. The molecule has 14 nitrogen and oxygen atoms in total. The molecule has 1 fully saturated rings. The molecule has 0 aliphatic carbocycles. The second-order valence-corrected chi connectivity index (χ2v) is 9.07. The largest absolute Gasteiger partial charge is 0.504 e. The molecule has 0 spiro atoms. The van der Waals surface area contributed by atoms with E-state index in [1.54, 1.807) is 11.8 Å². The molecule has 200 valence electrons. The first-order chi connectivity index (χ1) is 18.3. The van der Waals surface area contributed by atoms with Crippen molar-refractivity contribution in [3.63, 3.8) is 0 Å². The van der Waals surface area contributed by atoms with Gasteiger partial charge in [-0.3, -0.25) is 14.4 Å². The van der Waals surface area contributed by atoms with Gasteiger partial charge in [-0.15, -0.1) is 5.10 Å². The number of aliphatic carboxylic acids is 1. The maximum Gasteiger partial charge on any atom is 0.323 e. The molecule has 0 aromatic carbocycles. The van der Waals surface area contributed by atoms with Crippen LogP contribution in [0, 0.1) is 6.92 Å². The summed E-state index contributed by atoms with van der Waals surface area (Å²) in [6.07, 6.45) is 4.07. The van der Waals surface area contributed by atoms with Crippen LogP contribution < -0.4 is 10.5 Å². The number of carbonyl (C=O) groups is 2. The average Bonchev–Trinajstić information content (AvgIpc) is 3.38. The Balaban J connectivity index is 1.51. The summed E-state index contributed by atoms with van der Waals surface area (Å²) in [4.78, 5) is 54.3. The molecule has 2 aliphatic rings. The molecule has 1 amide bonds. The SMILES string of the molecule is CCc1c(N2CCN(C(=O)c3ncnc(C)c3O)CC2)c(=O)n2nc(C3=CCOCC3)nc2n1CC(=O)O. The standard InChI is InChI=1S/C24H28N8O6/c1-3-16-19(29-6-8-30(9-7-29)22(36)18-20(35)14(2)25-13-26-18)23(37)32-24(31(16)12-17(33)34)27-21(28-32)15-4-10-38-11-5-15/h4,13,35H,3,5-12H2,1-2H3,(H,33,34). The summed E-state index contributed by atoms with van der Waals surface area (Å²) in [6.45, 7) is 5.18. The Kier molecular flexibility index (Phi) is 6.80. The van der Waals surface area contributed by atoms with Crippen molar-refractivity contribution in [1.82, 2.24) is 34.0 Å². The zero-order chi connectivity index (χ0) is 27.0. The van der Waals surface area contributed by atoms with Gasteiger partial charge in [0.1, 0.15) is 18.6 Å². The molecule has 3 aromatic heterocycles. The second kappa shape index (κ2) is 10.2. The van der Waals surface area contributed by atoms with Crippen LogP contribution in [0.3, 0.4) is 0 Å². The number of hydrogen-bond donors (Lipinski definition) is 2. The summed E-state index contributed by atoms with van der Waals surface area (Å²) in [5, 5.41) is 24.3. The van der Waals surface area contributed by atoms with Crippen molar-refractivity contribution in [2.24, 2.45) is 0 Å². The van der Waals surface area contributed by atoms with Crippen LogP contribution in [0.25, 0.3) is 11.4 Å². The number of ether oxygens (including phenoxy) is 1. The molecule has 0 bridgehead atoms. The minimum atomic E-state index is -1.07. The van der Waals surface area contributed by atoms with E-state index in [-0.39, 0.29) is 36.9 Å². The molecule has 5 rings (SSSR count). The van der Waals surface area contributed by atoms with Gasteiger partial charge >= 0.3 is 5.97 Å². The van der Waals surface area contributed by atoms with Crippen molar-refractivity contribution < 1.29 is 24.5 Å². The summed E-state index contributed by atoms with van der Waals surface area (Å²) in [7, 11) is 0. The van der Waals surface area contributed by atoms with Gasteiger partial charge in [0.15, 0.2) is 17.3 Å². The summed E-state index contributed by atoms with van der Waals surface area (Å²) < 4.78 is 8.05. The van der Waals surface area contributed by atoms with Crippen LogP contribution in [0.1, 0.15) is 41.0 Å². The molecule has 1 saturated heterocycles. The Hall–Kier alpha value is -4.33. The number of rotatable bonds is 6. The summed E-state index contributed by atoms with van der Waals surface area (Å²) >= 11 is 0. The van der Waals surface area contributed by atoms with Crippen LogP contribution >= 0.6 is 0 Å². The molecule has 0 atom stereocenters. The number of anilines is 1. The fourth-order valence-corrected chi connectivity index (χ4v) is 4.84. The molecular weight excluding hydrogens is 496 g/mol. The number of carboxylic acids is 1. The van der Waals surface area contributed by atoms with Gasteiger partial charge in [-0.1, -0.05) is 13.0 Å². The predicted molar refractivity (Wildman–Crippen MR) is 134 cm³/mol. The minimum Gasteiger partial charge on any atom is -0.504 e. The molecular formula is C24H28N8O6. The van der Waals surface area contributed by atoms with Crippen molar-refractivity contribution in [1.29, 1.82) is 0 Å². The molecule has 5 heterocycles. The number of aryl methyl sites for hydroxylation is 1. The Morgan fingerprint density at radius 3 is 2.58 bits per heavy atom. The van der Waals surface area contributed by atoms with Crippen LogP contribution in [-0.4, -0.2) is 95.5 Å². The number of carbonyl (C=O) groups excluding carboxylic acids is 1. The third-order valence-corrected chi connectivity index (χ3v) is 6.80. The summed E-state index contributed by atoms with van der Waals surface area (Å²) in [5.74, 6) is -1.20. The number of hydrogen-bond acceptors (Lipinski definition) is 10. The molecule has 0 radical (unpaired) electrons. The fourth-order valence-electron chi connectivity index (χ4n) is 4.84. The number of amides is 1. The minimum absolute atomic E-state index is 0.0667. The van der Waals surface area contributed by atoms with Crippen molar-refractivity contribution in [2.45, 2.75) is 33.2 Å². The number of carboxylic acid groups (broad SMARTS) is 1. The van der Waals surface area contributed by atoms with E-state index in [4.69, 9.17) is 4.74 Å². The van der Waals surface area contributed by atoms with Crippen molar-refractivity contribution in [3.05, 3.63) is 45.7 Å². The van der Waals surface area contributed by atoms with E-state index < -0.39 is 17.4 Å². The lowest BCUT2D eigenvalue weighted by atomic mass is 10.1. The lowest BCUT2D eigenvalue weighted by molar-refractivity contribution is -0.137. The third kappa shape index (κ3) is 4.47. The van der Waals surface area contributed by atoms with Crippen LogP contribution in [-0.2, 0) is 22.5 Å². The topological polar surface area (TPSA) is 168 Å². The molecule has 2 aliphatic heterocycles. The first kappa shape index (κ1) is 25.3. The van der Waals surface area contributed by atoms with Gasteiger partial charge in [0.25, 0.3) is 11.5 Å². The molecule has 14 heteroatoms. The van der Waals surface area contributed by atoms with Crippen LogP contribution in [0.15, 0.2) is 17.2 Å². The highest BCUT2D eigenvalue weighted by Gasteiger charge is 2.30. The van der Waals surface area contributed by atoms with Gasteiger partial charge in [0.05, 0.1) is 24.6 Å². The van der Waals surface area contributed by atoms with Crippen LogP contribution in [0.2, 0.25) is 0 Å². The van der Waals surface area contributed by atoms with Gasteiger partial charge in [-0.25, -0.2) is 9.97 Å². The normalized spacial score (nSPS) is 16.1. The van der Waals surface area contributed by atoms with E-state index in [0.717, 1.165) is 5.57 Å². The monoisotopic (exact) mass is 524 g/mol. The maximum atomic E-state index is 13.7. The Bertz CT molecular complexity index is 1500. The Labute approximate surface area is 216 Å². The zero-order valence-corrected chi connectivity index (χ0v) is 21.1. The quantitative estimate of drug-likeness (QED) is 0.449. The highest BCUT2D eigenvalue weighted by atomic mass is 16.5. The van der Waals surface area contributed by atoms with E-state index in [1.807, 2.05) is 17.9 Å². The van der Waals surface area contributed by atoms with Crippen molar-refractivity contribution in [3.8, 4) is 5.75 Å². The molecule has 38 heavy (non-hydrogen) atoms. The zero-order valence-electron chi connectivity index (χ0n) is 21.1. The van der Waals surface area contributed by atoms with Crippen molar-refractivity contribution in [2.75, 3.05) is 44.3 Å². The van der Waals surface area contributed by atoms with E-state index in [1.165, 1.54) is 15.4 Å². The number of aromatic nitrogens is 6. The Morgan fingerprint density at radius 2 is 1.92 bits per heavy atom. The lowest BCUT2D eigenvalue weighted by Gasteiger charge is -2.36. The van der Waals surface area contributed by atoms with E-state index in [2.05, 4.69) is 20.1 Å². The molecule has 3 aromatic rings.